The lowest BCUT2D eigenvalue weighted by Gasteiger charge is -2.50. The molecule has 176 valence electrons. The second-order valence-corrected chi connectivity index (χ2v) is 10.2. The lowest BCUT2D eigenvalue weighted by Crippen LogP contribution is -2.47. The molecule has 0 aliphatic carbocycles. The number of nitrogens with zero attached hydrogens (tertiary/aromatic N) is 2. The van der Waals surface area contributed by atoms with Crippen LogP contribution in [0.25, 0.3) is 0 Å². The molecule has 3 aromatic rings. The highest BCUT2D eigenvalue weighted by atomic mass is 16.4. The predicted octanol–water partition coefficient (Wildman–Crippen LogP) is 6.81. The van der Waals surface area contributed by atoms with Crippen LogP contribution in [0, 0.1) is 0 Å². The van der Waals surface area contributed by atoms with Gasteiger partial charge in [-0.3, -0.25) is 4.90 Å². The summed E-state index contributed by atoms with van der Waals surface area (Å²) in [6.45, 7) is 9.20. The van der Waals surface area contributed by atoms with Crippen molar-refractivity contribution in [2.24, 2.45) is 0 Å². The van der Waals surface area contributed by atoms with Gasteiger partial charge in [-0.2, -0.15) is 0 Å². The highest BCUT2D eigenvalue weighted by molar-refractivity contribution is 5.88. The lowest BCUT2D eigenvalue weighted by molar-refractivity contribution is 0.201. The molecule has 0 saturated heterocycles. The number of benzene rings is 3. The Morgan fingerprint density at radius 2 is 1.35 bits per heavy atom. The highest BCUT2D eigenvalue weighted by Gasteiger charge is 2.45. The van der Waals surface area contributed by atoms with Crippen LogP contribution < -0.4 is 9.80 Å². The van der Waals surface area contributed by atoms with Crippen molar-refractivity contribution in [1.29, 1.82) is 0 Å². The summed E-state index contributed by atoms with van der Waals surface area (Å²) in [5.74, 6) is 0. The second-order valence-electron chi connectivity index (χ2n) is 10.2. The van der Waals surface area contributed by atoms with Crippen LogP contribution >= 0.6 is 0 Å². The molecule has 4 nitrogen and oxygen atoms in total. The second kappa shape index (κ2) is 8.50. The van der Waals surface area contributed by atoms with Gasteiger partial charge in [0.2, 0.25) is 0 Å². The van der Waals surface area contributed by atoms with E-state index in [2.05, 4.69) is 91.5 Å². The van der Waals surface area contributed by atoms with Gasteiger partial charge in [-0.15, -0.1) is 0 Å². The molecule has 2 aliphatic rings. The summed E-state index contributed by atoms with van der Waals surface area (Å²) in [7, 11) is 0. The van der Waals surface area contributed by atoms with Crippen LogP contribution in [0.1, 0.15) is 62.3 Å². The van der Waals surface area contributed by atoms with Crippen molar-refractivity contribution in [1.82, 2.24) is 0 Å². The van der Waals surface area contributed by atoms with Gasteiger partial charge in [0.05, 0.1) is 0 Å². The van der Waals surface area contributed by atoms with E-state index < -0.39 is 6.09 Å². The Morgan fingerprint density at radius 1 is 0.882 bits per heavy atom. The van der Waals surface area contributed by atoms with E-state index in [0.717, 1.165) is 38.0 Å². The molecule has 0 spiro atoms. The third-order valence-corrected chi connectivity index (χ3v) is 8.17. The Hall–Kier alpha value is -3.27. The Kier molecular flexibility index (Phi) is 5.63. The van der Waals surface area contributed by atoms with Crippen LogP contribution in [0.3, 0.4) is 0 Å². The zero-order valence-electron chi connectivity index (χ0n) is 20.4. The molecule has 5 rings (SSSR count). The van der Waals surface area contributed by atoms with E-state index in [1.807, 2.05) is 6.92 Å². The third kappa shape index (κ3) is 3.48. The first-order valence-electron chi connectivity index (χ1n) is 12.4. The minimum Gasteiger partial charge on any atom is -0.465 e. The molecule has 0 radical (unpaired) electrons. The van der Waals surface area contributed by atoms with Crippen LogP contribution in [-0.2, 0) is 10.8 Å². The number of hydrogen-bond donors (Lipinski definition) is 1. The van der Waals surface area contributed by atoms with Crippen LogP contribution in [0.2, 0.25) is 0 Å². The summed E-state index contributed by atoms with van der Waals surface area (Å²) < 4.78 is 0. The Balaban J connectivity index is 1.81. The fraction of sp³-hybridized carbons (Fsp3) is 0.367. The zero-order valence-corrected chi connectivity index (χ0v) is 20.4. The van der Waals surface area contributed by atoms with Gasteiger partial charge in [0.15, 0.2) is 0 Å². The summed E-state index contributed by atoms with van der Waals surface area (Å²) in [5, 5.41) is 10.1. The Morgan fingerprint density at radius 3 is 1.76 bits per heavy atom. The first-order chi connectivity index (χ1) is 16.4. The number of anilines is 2. The molecule has 4 heteroatoms. The molecule has 0 saturated carbocycles. The van der Waals surface area contributed by atoms with Crippen LogP contribution in [0.15, 0.2) is 72.8 Å². The zero-order chi connectivity index (χ0) is 23.9. The van der Waals surface area contributed by atoms with Crippen molar-refractivity contribution in [2.75, 3.05) is 29.4 Å². The van der Waals surface area contributed by atoms with Gasteiger partial charge in [0.1, 0.15) is 0 Å². The minimum atomic E-state index is -0.889. The molecule has 34 heavy (non-hydrogen) atoms. The monoisotopic (exact) mass is 454 g/mol. The van der Waals surface area contributed by atoms with Crippen molar-refractivity contribution >= 4 is 17.5 Å². The maximum Gasteiger partial charge on any atom is 0.411 e. The average molecular weight is 455 g/mol. The number of hydrogen-bond acceptors (Lipinski definition) is 2. The normalized spacial score (nSPS) is 23.3. The summed E-state index contributed by atoms with van der Waals surface area (Å²) in [4.78, 5) is 16.4. The minimum absolute atomic E-state index is 0.177. The Labute approximate surface area is 202 Å². The van der Waals surface area contributed by atoms with E-state index in [1.54, 1.807) is 0 Å². The SMILES string of the molecule is CCCN(C(=O)O)c1cc2c3c(c1)[C@@](C)(c1ccccc1)CCN3CC[C@@]2(C)c1ccccc1. The number of rotatable bonds is 5. The quantitative estimate of drug-likeness (QED) is 0.461. The molecule has 0 aromatic heterocycles. The van der Waals surface area contributed by atoms with Gasteiger partial charge >= 0.3 is 6.09 Å². The van der Waals surface area contributed by atoms with Gasteiger partial charge in [0.25, 0.3) is 0 Å². The number of carboxylic acid groups (broad SMARTS) is 1. The molecule has 2 atom stereocenters. The molecule has 0 unspecified atom stereocenters. The first-order valence-corrected chi connectivity index (χ1v) is 12.4. The van der Waals surface area contributed by atoms with Crippen LogP contribution in [-0.4, -0.2) is 30.8 Å². The van der Waals surface area contributed by atoms with E-state index >= 15 is 0 Å². The van der Waals surface area contributed by atoms with Gasteiger partial charge in [-0.05, 0) is 53.6 Å². The van der Waals surface area contributed by atoms with Crippen molar-refractivity contribution in [3.05, 3.63) is 95.1 Å². The van der Waals surface area contributed by atoms with E-state index in [4.69, 9.17) is 0 Å². The van der Waals surface area contributed by atoms with Gasteiger partial charge in [-0.1, -0.05) is 81.4 Å². The molecule has 2 heterocycles. The van der Waals surface area contributed by atoms with E-state index in [9.17, 15) is 9.90 Å². The molecule has 1 N–H and O–H groups in total. The lowest BCUT2D eigenvalue weighted by atomic mass is 9.64. The number of carbonyl (C=O) groups is 1. The van der Waals surface area contributed by atoms with E-state index in [0.29, 0.717) is 6.54 Å². The maximum atomic E-state index is 12.3. The molecule has 1 amide bonds. The first kappa shape index (κ1) is 22.5. The summed E-state index contributed by atoms with van der Waals surface area (Å²) in [6.07, 6.45) is 1.91. The van der Waals surface area contributed by atoms with Crippen molar-refractivity contribution in [3.8, 4) is 0 Å². The topological polar surface area (TPSA) is 43.8 Å². The molecule has 0 bridgehead atoms. The number of amides is 1. The van der Waals surface area contributed by atoms with Crippen LogP contribution in [0.4, 0.5) is 16.2 Å². The van der Waals surface area contributed by atoms with Crippen molar-refractivity contribution < 1.29 is 9.90 Å². The van der Waals surface area contributed by atoms with Crippen LogP contribution in [0.5, 0.6) is 0 Å². The smallest absolute Gasteiger partial charge is 0.411 e. The fourth-order valence-electron chi connectivity index (χ4n) is 6.05. The predicted molar refractivity (Wildman–Crippen MR) is 139 cm³/mol. The summed E-state index contributed by atoms with van der Waals surface area (Å²) in [5.41, 5.74) is 6.82. The standard InChI is InChI=1S/C30H34N2O2/c1-4-17-32(28(33)34)24-20-25-27-26(21-24)30(3,23-13-9-6-10-14-23)16-19-31(27)18-15-29(25,2)22-11-7-5-8-12-22/h5-14,20-21H,4,15-19H2,1-3H3,(H,33,34)/t29-,30+. The molecular formula is C30H34N2O2. The maximum absolute atomic E-state index is 12.3. The van der Waals surface area contributed by atoms with Gasteiger partial charge < -0.3 is 10.0 Å². The van der Waals surface area contributed by atoms with Crippen molar-refractivity contribution in [3.63, 3.8) is 0 Å². The van der Waals surface area contributed by atoms with Gasteiger partial charge in [0, 0.05) is 41.8 Å². The van der Waals surface area contributed by atoms with Crippen molar-refractivity contribution in [2.45, 2.75) is 50.9 Å². The largest absolute Gasteiger partial charge is 0.465 e. The fourth-order valence-corrected chi connectivity index (χ4v) is 6.05. The molecule has 3 aromatic carbocycles. The average Bonchev–Trinajstić information content (AvgIpc) is 2.87. The van der Waals surface area contributed by atoms with E-state index in [-0.39, 0.29) is 10.8 Å². The van der Waals surface area contributed by atoms with E-state index in [1.165, 1.54) is 32.8 Å². The summed E-state index contributed by atoms with van der Waals surface area (Å²) in [6, 6.07) is 25.8. The highest BCUT2D eigenvalue weighted by Crippen LogP contribution is 2.54. The molecular weight excluding hydrogens is 420 g/mol. The van der Waals surface area contributed by atoms with Gasteiger partial charge in [-0.25, -0.2) is 4.79 Å². The third-order valence-electron chi connectivity index (χ3n) is 8.17. The molecule has 0 fully saturated rings. The molecule has 2 aliphatic heterocycles. The Bertz CT molecular complexity index is 1110. The summed E-state index contributed by atoms with van der Waals surface area (Å²) >= 11 is 0.